The topological polar surface area (TPSA) is 63.2 Å². The van der Waals surface area contributed by atoms with Gasteiger partial charge in [0.25, 0.3) is 5.91 Å². The van der Waals surface area contributed by atoms with Gasteiger partial charge in [-0.05, 0) is 26.3 Å². The van der Waals surface area contributed by atoms with Gasteiger partial charge in [-0.15, -0.1) is 0 Å². The number of carbonyl (C=O) groups excluding carboxylic acids is 1. The van der Waals surface area contributed by atoms with Crippen LogP contribution in [-0.2, 0) is 4.74 Å². The molecule has 1 aromatic heterocycles. The van der Waals surface area contributed by atoms with E-state index in [2.05, 4.69) is 22.5 Å². The van der Waals surface area contributed by atoms with Crippen LogP contribution in [0.15, 0.2) is 12.3 Å². The van der Waals surface area contributed by atoms with Crippen molar-refractivity contribution in [2.24, 2.45) is 0 Å². The Balaban J connectivity index is 2.57. The highest BCUT2D eigenvalue weighted by Gasteiger charge is 2.11. The number of anilines is 1. The minimum Gasteiger partial charge on any atom is -0.377 e. The minimum absolute atomic E-state index is 0.154. The first-order valence-electron chi connectivity index (χ1n) is 6.83. The Morgan fingerprint density at radius 3 is 2.85 bits per heavy atom. The maximum Gasteiger partial charge on any atom is 0.253 e. The third-order valence-electron chi connectivity index (χ3n) is 2.49. The fourth-order valence-electron chi connectivity index (χ4n) is 1.52. The van der Waals surface area contributed by atoms with Gasteiger partial charge in [0.1, 0.15) is 5.82 Å². The molecule has 0 atom stereocenters. The number of pyridine rings is 1. The summed E-state index contributed by atoms with van der Waals surface area (Å²) in [5.74, 6) is 0.434. The predicted octanol–water partition coefficient (Wildman–Crippen LogP) is 2.71. The van der Waals surface area contributed by atoms with Crippen molar-refractivity contribution in [2.75, 3.05) is 25.0 Å². The van der Waals surface area contributed by atoms with Crippen LogP contribution in [0.4, 0.5) is 5.82 Å². The molecule has 0 spiro atoms. The van der Waals surface area contributed by atoms with E-state index in [1.807, 2.05) is 13.8 Å². The molecule has 1 amide bonds. The zero-order chi connectivity index (χ0) is 15.0. The first-order valence-corrected chi connectivity index (χ1v) is 7.21. The van der Waals surface area contributed by atoms with Crippen LogP contribution < -0.4 is 10.6 Å². The Bertz CT molecular complexity index is 438. The largest absolute Gasteiger partial charge is 0.377 e. The fraction of sp³-hybridized carbons (Fsp3) is 0.571. The number of nitrogens with one attached hydrogen (secondary N) is 2. The average molecular weight is 300 g/mol. The van der Waals surface area contributed by atoms with Gasteiger partial charge in [0, 0.05) is 19.3 Å². The Morgan fingerprint density at radius 1 is 1.45 bits per heavy atom. The molecule has 6 heteroatoms. The van der Waals surface area contributed by atoms with E-state index in [1.54, 1.807) is 6.07 Å². The summed E-state index contributed by atoms with van der Waals surface area (Å²) in [5.41, 5.74) is 0.421. The highest BCUT2D eigenvalue weighted by molar-refractivity contribution is 6.33. The molecule has 1 heterocycles. The number of hydrogen-bond acceptors (Lipinski definition) is 4. The standard InChI is InChI=1S/C14H22ClN3O2/c1-4-5-16-13-8-11(12(15)9-18-13)14(19)17-6-7-20-10(2)3/h8-10H,4-7H2,1-3H3,(H,16,18)(H,17,19). The van der Waals surface area contributed by atoms with Gasteiger partial charge in [0.05, 0.1) is 23.3 Å². The third-order valence-corrected chi connectivity index (χ3v) is 2.80. The Morgan fingerprint density at radius 2 is 2.20 bits per heavy atom. The van der Waals surface area contributed by atoms with E-state index in [1.165, 1.54) is 6.20 Å². The van der Waals surface area contributed by atoms with Gasteiger partial charge in [0.15, 0.2) is 0 Å². The average Bonchev–Trinajstić information content (AvgIpc) is 2.42. The molecule has 0 aromatic carbocycles. The van der Waals surface area contributed by atoms with Crippen LogP contribution in [0, 0.1) is 0 Å². The quantitative estimate of drug-likeness (QED) is 0.725. The molecule has 5 nitrogen and oxygen atoms in total. The van der Waals surface area contributed by atoms with Crippen LogP contribution in [0.2, 0.25) is 5.02 Å². The van der Waals surface area contributed by atoms with Gasteiger partial charge in [-0.3, -0.25) is 4.79 Å². The molecule has 1 aromatic rings. The summed E-state index contributed by atoms with van der Waals surface area (Å²) in [7, 11) is 0. The summed E-state index contributed by atoms with van der Waals surface area (Å²) in [6.45, 7) is 7.70. The number of halogens is 1. The summed E-state index contributed by atoms with van der Waals surface area (Å²) in [6.07, 6.45) is 2.62. The van der Waals surface area contributed by atoms with Crippen molar-refractivity contribution in [3.8, 4) is 0 Å². The van der Waals surface area contributed by atoms with E-state index in [4.69, 9.17) is 16.3 Å². The lowest BCUT2D eigenvalue weighted by Gasteiger charge is -2.10. The second kappa shape index (κ2) is 8.76. The lowest BCUT2D eigenvalue weighted by molar-refractivity contribution is 0.0746. The number of aromatic nitrogens is 1. The number of ether oxygens (including phenoxy) is 1. The van der Waals surface area contributed by atoms with Gasteiger partial charge in [-0.25, -0.2) is 4.98 Å². The maximum atomic E-state index is 12.0. The van der Waals surface area contributed by atoms with E-state index >= 15 is 0 Å². The van der Waals surface area contributed by atoms with Crippen LogP contribution in [0.3, 0.4) is 0 Å². The number of nitrogens with zero attached hydrogens (tertiary/aromatic N) is 1. The fourth-order valence-corrected chi connectivity index (χ4v) is 1.71. The van der Waals surface area contributed by atoms with E-state index < -0.39 is 0 Å². The Labute approximate surface area is 125 Å². The van der Waals surface area contributed by atoms with Crippen molar-refractivity contribution in [3.63, 3.8) is 0 Å². The van der Waals surface area contributed by atoms with Gasteiger partial charge >= 0.3 is 0 Å². The van der Waals surface area contributed by atoms with Crippen molar-refractivity contribution < 1.29 is 9.53 Å². The van der Waals surface area contributed by atoms with Crippen LogP contribution >= 0.6 is 11.6 Å². The van der Waals surface area contributed by atoms with Crippen LogP contribution in [0.5, 0.6) is 0 Å². The number of amides is 1. The van der Waals surface area contributed by atoms with Crippen molar-refractivity contribution >= 4 is 23.3 Å². The molecule has 112 valence electrons. The number of hydrogen-bond donors (Lipinski definition) is 2. The molecule has 0 saturated heterocycles. The van der Waals surface area contributed by atoms with Crippen molar-refractivity contribution in [2.45, 2.75) is 33.3 Å². The molecular weight excluding hydrogens is 278 g/mol. The first-order chi connectivity index (χ1) is 9.54. The molecule has 20 heavy (non-hydrogen) atoms. The summed E-state index contributed by atoms with van der Waals surface area (Å²) in [6, 6.07) is 1.66. The zero-order valence-corrected chi connectivity index (χ0v) is 13.0. The second-order valence-electron chi connectivity index (χ2n) is 4.65. The minimum atomic E-state index is -0.218. The van der Waals surface area contributed by atoms with Crippen molar-refractivity contribution in [1.82, 2.24) is 10.3 Å². The monoisotopic (exact) mass is 299 g/mol. The summed E-state index contributed by atoms with van der Waals surface area (Å²) >= 11 is 6.01. The smallest absolute Gasteiger partial charge is 0.253 e. The molecule has 0 aliphatic heterocycles. The summed E-state index contributed by atoms with van der Waals surface area (Å²) in [4.78, 5) is 16.2. The lowest BCUT2D eigenvalue weighted by Crippen LogP contribution is -2.28. The Kier molecular flexibility index (Phi) is 7.33. The SMILES string of the molecule is CCCNc1cc(C(=O)NCCOC(C)C)c(Cl)cn1. The molecule has 0 aliphatic carbocycles. The third kappa shape index (κ3) is 5.75. The first kappa shape index (κ1) is 16.7. The van der Waals surface area contributed by atoms with E-state index in [-0.39, 0.29) is 12.0 Å². The molecule has 0 bridgehead atoms. The summed E-state index contributed by atoms with van der Waals surface area (Å²) in [5, 5.41) is 6.24. The highest BCUT2D eigenvalue weighted by atomic mass is 35.5. The highest BCUT2D eigenvalue weighted by Crippen LogP contribution is 2.17. The van der Waals surface area contributed by atoms with E-state index in [0.717, 1.165) is 13.0 Å². The molecule has 0 aliphatic rings. The molecule has 1 rings (SSSR count). The molecule has 2 N–H and O–H groups in total. The normalized spacial score (nSPS) is 10.7. The van der Waals surface area contributed by atoms with Crippen molar-refractivity contribution in [3.05, 3.63) is 22.8 Å². The van der Waals surface area contributed by atoms with Gasteiger partial charge in [-0.2, -0.15) is 0 Å². The van der Waals surface area contributed by atoms with Gasteiger partial charge in [0.2, 0.25) is 0 Å². The molecular formula is C14H22ClN3O2. The summed E-state index contributed by atoms with van der Waals surface area (Å²) < 4.78 is 5.36. The molecule has 0 unspecified atom stereocenters. The van der Waals surface area contributed by atoms with Crippen LogP contribution in [-0.4, -0.2) is 36.7 Å². The zero-order valence-electron chi connectivity index (χ0n) is 12.2. The van der Waals surface area contributed by atoms with Crippen LogP contribution in [0.25, 0.3) is 0 Å². The van der Waals surface area contributed by atoms with Crippen LogP contribution in [0.1, 0.15) is 37.6 Å². The van der Waals surface area contributed by atoms with Crippen molar-refractivity contribution in [1.29, 1.82) is 0 Å². The van der Waals surface area contributed by atoms with Gasteiger partial charge in [-0.1, -0.05) is 18.5 Å². The predicted molar refractivity (Wildman–Crippen MR) is 81.4 cm³/mol. The molecule has 0 saturated carbocycles. The lowest BCUT2D eigenvalue weighted by atomic mass is 10.2. The molecule has 0 fully saturated rings. The van der Waals surface area contributed by atoms with E-state index in [9.17, 15) is 4.79 Å². The molecule has 0 radical (unpaired) electrons. The van der Waals surface area contributed by atoms with E-state index in [0.29, 0.717) is 29.6 Å². The number of rotatable bonds is 8. The maximum absolute atomic E-state index is 12.0. The Hall–Kier alpha value is -1.33. The second-order valence-corrected chi connectivity index (χ2v) is 5.06. The number of carbonyl (C=O) groups is 1. The van der Waals surface area contributed by atoms with Gasteiger partial charge < -0.3 is 15.4 Å².